The third-order valence-electron chi connectivity index (χ3n) is 3.24. The molecule has 1 aliphatic carbocycles. The van der Waals surface area contributed by atoms with Gasteiger partial charge in [-0.1, -0.05) is 19.3 Å². The molecule has 16 heavy (non-hydrogen) atoms. The second-order valence-electron chi connectivity index (χ2n) is 4.30. The second kappa shape index (κ2) is 4.60. The predicted molar refractivity (Wildman–Crippen MR) is 58.9 cm³/mol. The summed E-state index contributed by atoms with van der Waals surface area (Å²) in [7, 11) is 0. The monoisotopic (exact) mass is 223 g/mol. The lowest BCUT2D eigenvalue weighted by atomic mass is 9.84. The van der Waals surface area contributed by atoms with Gasteiger partial charge in [0.05, 0.1) is 11.0 Å². The molecule has 0 spiro atoms. The van der Waals surface area contributed by atoms with Crippen LogP contribution in [0.1, 0.15) is 43.6 Å². The lowest BCUT2D eigenvalue weighted by Gasteiger charge is -2.22. The fourth-order valence-electron chi connectivity index (χ4n) is 2.37. The number of nitro benzene ring substituents is 1. The molecule has 1 aliphatic rings. The van der Waals surface area contributed by atoms with Crippen LogP contribution in [0.15, 0.2) is 18.2 Å². The molecule has 0 unspecified atom stereocenters. The van der Waals surface area contributed by atoms with Crippen LogP contribution < -0.4 is 0 Å². The van der Waals surface area contributed by atoms with Crippen LogP contribution in [-0.2, 0) is 0 Å². The fourth-order valence-corrected chi connectivity index (χ4v) is 2.37. The molecule has 0 amide bonds. The molecule has 1 saturated carbocycles. The van der Waals surface area contributed by atoms with Crippen molar-refractivity contribution in [1.29, 1.82) is 0 Å². The molecule has 2 rings (SSSR count). The number of hydrogen-bond donors (Lipinski definition) is 0. The first-order chi connectivity index (χ1) is 7.68. The average molecular weight is 223 g/mol. The van der Waals surface area contributed by atoms with E-state index in [1.54, 1.807) is 6.07 Å². The highest BCUT2D eigenvalue weighted by molar-refractivity contribution is 5.35. The minimum absolute atomic E-state index is 0.169. The molecule has 0 radical (unpaired) electrons. The van der Waals surface area contributed by atoms with Crippen molar-refractivity contribution in [2.45, 2.75) is 38.0 Å². The lowest BCUT2D eigenvalue weighted by Crippen LogP contribution is -2.06. The minimum atomic E-state index is -0.562. The van der Waals surface area contributed by atoms with Crippen LogP contribution in [-0.4, -0.2) is 4.92 Å². The zero-order valence-corrected chi connectivity index (χ0v) is 8.99. The molecule has 0 bridgehead atoms. The zero-order chi connectivity index (χ0) is 11.5. The highest BCUT2D eigenvalue weighted by Crippen LogP contribution is 2.34. The highest BCUT2D eigenvalue weighted by atomic mass is 19.1. The summed E-state index contributed by atoms with van der Waals surface area (Å²) < 4.78 is 13.7. The summed E-state index contributed by atoms with van der Waals surface area (Å²) in [5.41, 5.74) is 0.474. The molecule has 0 aromatic heterocycles. The third kappa shape index (κ3) is 2.21. The van der Waals surface area contributed by atoms with Crippen molar-refractivity contribution in [2.24, 2.45) is 0 Å². The summed E-state index contributed by atoms with van der Waals surface area (Å²) >= 11 is 0. The largest absolute Gasteiger partial charge is 0.272 e. The van der Waals surface area contributed by atoms with Crippen molar-refractivity contribution in [3.05, 3.63) is 39.7 Å². The number of halogens is 1. The number of benzene rings is 1. The number of non-ortho nitro benzene ring substituents is 1. The standard InChI is InChI=1S/C12H14FNO2/c13-12-8-10(14(15)16)6-7-11(12)9-4-2-1-3-5-9/h6-9H,1-5H2. The van der Waals surface area contributed by atoms with Crippen LogP contribution in [0.5, 0.6) is 0 Å². The Morgan fingerprint density at radius 1 is 1.25 bits per heavy atom. The van der Waals surface area contributed by atoms with Gasteiger partial charge < -0.3 is 0 Å². The molecule has 0 atom stereocenters. The third-order valence-corrected chi connectivity index (χ3v) is 3.24. The van der Waals surface area contributed by atoms with E-state index in [2.05, 4.69) is 0 Å². The van der Waals surface area contributed by atoms with E-state index in [0.29, 0.717) is 5.56 Å². The topological polar surface area (TPSA) is 43.1 Å². The van der Waals surface area contributed by atoms with Gasteiger partial charge in [0.2, 0.25) is 0 Å². The Labute approximate surface area is 93.4 Å². The maximum Gasteiger partial charge on any atom is 0.272 e. The van der Waals surface area contributed by atoms with E-state index in [1.165, 1.54) is 12.5 Å². The minimum Gasteiger partial charge on any atom is -0.258 e. The molecule has 0 saturated heterocycles. The Bertz CT molecular complexity index is 400. The molecule has 86 valence electrons. The molecule has 1 aromatic rings. The summed E-state index contributed by atoms with van der Waals surface area (Å²) in [5.74, 6) is -0.185. The first-order valence-electron chi connectivity index (χ1n) is 5.62. The van der Waals surface area contributed by atoms with Gasteiger partial charge in [-0.2, -0.15) is 0 Å². The first-order valence-corrected chi connectivity index (χ1v) is 5.62. The Hall–Kier alpha value is -1.45. The van der Waals surface area contributed by atoms with E-state index >= 15 is 0 Å². The Morgan fingerprint density at radius 2 is 1.94 bits per heavy atom. The van der Waals surface area contributed by atoms with Crippen LogP contribution in [0.25, 0.3) is 0 Å². The van der Waals surface area contributed by atoms with E-state index in [0.717, 1.165) is 31.7 Å². The highest BCUT2D eigenvalue weighted by Gasteiger charge is 2.20. The zero-order valence-electron chi connectivity index (χ0n) is 8.99. The van der Waals surface area contributed by atoms with E-state index in [1.807, 2.05) is 0 Å². The van der Waals surface area contributed by atoms with E-state index in [-0.39, 0.29) is 11.6 Å². The molecular formula is C12H14FNO2. The summed E-state index contributed by atoms with van der Waals surface area (Å²) in [6.07, 6.45) is 5.46. The predicted octanol–water partition coefficient (Wildman–Crippen LogP) is 3.78. The van der Waals surface area contributed by atoms with Crippen LogP contribution >= 0.6 is 0 Å². The van der Waals surface area contributed by atoms with Crippen LogP contribution in [0.3, 0.4) is 0 Å². The summed E-state index contributed by atoms with van der Waals surface area (Å²) in [6.45, 7) is 0. The van der Waals surface area contributed by atoms with E-state index in [4.69, 9.17) is 0 Å². The Balaban J connectivity index is 2.24. The van der Waals surface area contributed by atoms with Gasteiger partial charge in [-0.05, 0) is 30.4 Å². The summed E-state index contributed by atoms with van der Waals surface area (Å²) in [6, 6.07) is 4.00. The maximum atomic E-state index is 13.7. The normalized spacial score (nSPS) is 17.3. The summed E-state index contributed by atoms with van der Waals surface area (Å²) in [5, 5.41) is 10.5. The summed E-state index contributed by atoms with van der Waals surface area (Å²) in [4.78, 5) is 9.92. The van der Waals surface area contributed by atoms with Crippen LogP contribution in [0.4, 0.5) is 10.1 Å². The fraction of sp³-hybridized carbons (Fsp3) is 0.500. The quantitative estimate of drug-likeness (QED) is 0.565. The number of nitro groups is 1. The van der Waals surface area contributed by atoms with Gasteiger partial charge in [0, 0.05) is 6.07 Å². The molecular weight excluding hydrogens is 209 g/mol. The molecule has 0 aliphatic heterocycles. The molecule has 4 heteroatoms. The van der Waals surface area contributed by atoms with E-state index in [9.17, 15) is 14.5 Å². The average Bonchev–Trinajstić information content (AvgIpc) is 2.30. The van der Waals surface area contributed by atoms with Crippen molar-refractivity contribution in [1.82, 2.24) is 0 Å². The Morgan fingerprint density at radius 3 is 2.50 bits per heavy atom. The van der Waals surface area contributed by atoms with Crippen LogP contribution in [0.2, 0.25) is 0 Å². The first kappa shape index (κ1) is 11.0. The van der Waals surface area contributed by atoms with Crippen molar-refractivity contribution in [2.75, 3.05) is 0 Å². The van der Waals surface area contributed by atoms with Crippen LogP contribution in [0, 0.1) is 15.9 Å². The van der Waals surface area contributed by atoms with Gasteiger partial charge in [-0.15, -0.1) is 0 Å². The molecule has 0 N–H and O–H groups in total. The molecule has 0 heterocycles. The van der Waals surface area contributed by atoms with Gasteiger partial charge in [0.25, 0.3) is 5.69 Å². The van der Waals surface area contributed by atoms with Crippen molar-refractivity contribution < 1.29 is 9.31 Å². The Kier molecular flexibility index (Phi) is 3.17. The van der Waals surface area contributed by atoms with Gasteiger partial charge in [-0.25, -0.2) is 4.39 Å². The van der Waals surface area contributed by atoms with Crippen molar-refractivity contribution >= 4 is 5.69 Å². The van der Waals surface area contributed by atoms with Gasteiger partial charge >= 0.3 is 0 Å². The van der Waals surface area contributed by atoms with Crippen molar-refractivity contribution in [3.63, 3.8) is 0 Å². The SMILES string of the molecule is O=[N+]([O-])c1ccc(C2CCCCC2)c(F)c1. The van der Waals surface area contributed by atoms with E-state index < -0.39 is 10.7 Å². The number of rotatable bonds is 2. The smallest absolute Gasteiger partial charge is 0.258 e. The van der Waals surface area contributed by atoms with Gasteiger partial charge in [0.1, 0.15) is 5.82 Å². The van der Waals surface area contributed by atoms with Gasteiger partial charge in [0.15, 0.2) is 0 Å². The number of hydrogen-bond acceptors (Lipinski definition) is 2. The maximum absolute atomic E-state index is 13.7. The second-order valence-corrected chi connectivity index (χ2v) is 4.30. The molecule has 1 fully saturated rings. The molecule has 3 nitrogen and oxygen atoms in total. The van der Waals surface area contributed by atoms with Crippen molar-refractivity contribution in [3.8, 4) is 0 Å². The number of nitrogens with zero attached hydrogens (tertiary/aromatic N) is 1. The van der Waals surface area contributed by atoms with Gasteiger partial charge in [-0.3, -0.25) is 10.1 Å². The lowest BCUT2D eigenvalue weighted by molar-refractivity contribution is -0.385. The molecule has 1 aromatic carbocycles.